The van der Waals surface area contributed by atoms with E-state index in [1.54, 1.807) is 19.1 Å². The molecule has 0 bridgehead atoms. The maximum atomic E-state index is 13.0. The molecule has 0 heterocycles. The molecular formula is C24H32O6. The third-order valence-corrected chi connectivity index (χ3v) is 8.79. The van der Waals surface area contributed by atoms with E-state index in [9.17, 15) is 24.6 Å². The number of fused-ring (bicyclic) bond motifs is 5. The molecule has 0 radical (unpaired) electrons. The van der Waals surface area contributed by atoms with Crippen LogP contribution in [0.5, 0.6) is 0 Å². The van der Waals surface area contributed by atoms with Crippen LogP contribution in [0.15, 0.2) is 23.8 Å². The van der Waals surface area contributed by atoms with Crippen LogP contribution in [0.2, 0.25) is 0 Å². The first-order chi connectivity index (χ1) is 14.1. The number of ketones is 2. The molecule has 0 aromatic rings. The Balaban J connectivity index is 1.76. The molecule has 4 rings (SSSR count). The Bertz CT molecular complexity index is 843. The molecular weight excluding hydrogens is 384 g/mol. The van der Waals surface area contributed by atoms with E-state index in [1.165, 1.54) is 0 Å². The third-order valence-electron chi connectivity index (χ3n) is 8.79. The Labute approximate surface area is 177 Å². The molecule has 0 spiro atoms. The zero-order valence-electron chi connectivity index (χ0n) is 18.0. The largest absolute Gasteiger partial charge is 0.450 e. The lowest BCUT2D eigenvalue weighted by Gasteiger charge is -2.59. The van der Waals surface area contributed by atoms with Gasteiger partial charge in [0.2, 0.25) is 5.78 Å². The van der Waals surface area contributed by atoms with Gasteiger partial charge >= 0.3 is 5.97 Å². The summed E-state index contributed by atoms with van der Waals surface area (Å²) in [6.45, 7) is 5.06. The molecule has 3 fully saturated rings. The Morgan fingerprint density at radius 1 is 1.27 bits per heavy atom. The number of carbonyl (C=O) groups is 3. The van der Waals surface area contributed by atoms with Crippen molar-refractivity contribution < 1.29 is 29.3 Å². The van der Waals surface area contributed by atoms with E-state index in [4.69, 9.17) is 4.74 Å². The van der Waals surface area contributed by atoms with Crippen LogP contribution in [0.1, 0.15) is 59.3 Å². The summed E-state index contributed by atoms with van der Waals surface area (Å²) < 4.78 is 5.82. The quantitative estimate of drug-likeness (QED) is 0.683. The monoisotopic (exact) mass is 416 g/mol. The second kappa shape index (κ2) is 7.13. The van der Waals surface area contributed by atoms with Crippen molar-refractivity contribution in [2.24, 2.45) is 28.6 Å². The van der Waals surface area contributed by atoms with Crippen molar-refractivity contribution in [3.63, 3.8) is 0 Å². The van der Waals surface area contributed by atoms with Crippen molar-refractivity contribution >= 4 is 17.5 Å². The van der Waals surface area contributed by atoms with Gasteiger partial charge in [0.1, 0.15) is 6.61 Å². The van der Waals surface area contributed by atoms with Gasteiger partial charge in [0, 0.05) is 23.2 Å². The topological polar surface area (TPSA) is 101 Å². The van der Waals surface area contributed by atoms with Crippen molar-refractivity contribution in [2.75, 3.05) is 6.61 Å². The highest BCUT2D eigenvalue weighted by atomic mass is 16.6. The highest BCUT2D eigenvalue weighted by Crippen LogP contribution is 2.67. The van der Waals surface area contributed by atoms with Gasteiger partial charge in [-0.2, -0.15) is 0 Å². The molecule has 6 heteroatoms. The normalized spacial score (nSPS) is 44.6. The van der Waals surface area contributed by atoms with Crippen molar-refractivity contribution in [3.8, 4) is 0 Å². The maximum Gasteiger partial charge on any atom is 0.306 e. The lowest BCUT2D eigenvalue weighted by molar-refractivity contribution is -0.200. The van der Waals surface area contributed by atoms with Crippen LogP contribution in [-0.4, -0.2) is 46.1 Å². The molecule has 6 nitrogen and oxygen atoms in total. The summed E-state index contributed by atoms with van der Waals surface area (Å²) in [7, 11) is 0. The van der Waals surface area contributed by atoms with Gasteiger partial charge in [0.05, 0.1) is 6.10 Å². The van der Waals surface area contributed by atoms with Crippen molar-refractivity contribution in [1.82, 2.24) is 0 Å². The number of aliphatic hydroxyl groups excluding tert-OH is 2. The molecule has 2 N–H and O–H groups in total. The van der Waals surface area contributed by atoms with E-state index in [-0.39, 0.29) is 35.4 Å². The van der Waals surface area contributed by atoms with E-state index in [1.807, 2.05) is 13.0 Å². The molecule has 4 aliphatic carbocycles. The van der Waals surface area contributed by atoms with Crippen LogP contribution in [0.4, 0.5) is 0 Å². The van der Waals surface area contributed by atoms with Crippen LogP contribution in [0, 0.1) is 28.6 Å². The number of esters is 1. The minimum Gasteiger partial charge on any atom is -0.450 e. The number of hydrogen-bond donors (Lipinski definition) is 2. The Kier molecular flexibility index (Phi) is 5.09. The average molecular weight is 417 g/mol. The van der Waals surface area contributed by atoms with Gasteiger partial charge in [0.25, 0.3) is 0 Å². The minimum absolute atomic E-state index is 0.00373. The SMILES string of the molecule is CCC(=O)O[C@]1(C(=O)CO)CC[C@H]2[C@@H]3CCC4=CC(=O)C=C[C@]4(C)[C@H]3C(O)C[C@@]21C. The molecule has 0 aliphatic heterocycles. The smallest absolute Gasteiger partial charge is 0.306 e. The second-order valence-electron chi connectivity index (χ2n) is 9.99. The molecule has 0 amide bonds. The van der Waals surface area contributed by atoms with Crippen LogP contribution < -0.4 is 0 Å². The van der Waals surface area contributed by atoms with E-state index < -0.39 is 35.5 Å². The highest BCUT2D eigenvalue weighted by molar-refractivity contribution is 6.01. The predicted octanol–water partition coefficient (Wildman–Crippen LogP) is 2.52. The van der Waals surface area contributed by atoms with Crippen molar-refractivity contribution in [3.05, 3.63) is 23.8 Å². The molecule has 164 valence electrons. The fourth-order valence-electron chi connectivity index (χ4n) is 7.39. The third kappa shape index (κ3) is 2.72. The number of allylic oxidation sites excluding steroid dienone is 4. The molecule has 0 saturated heterocycles. The van der Waals surface area contributed by atoms with E-state index in [2.05, 4.69) is 6.92 Å². The van der Waals surface area contributed by atoms with E-state index in [0.717, 1.165) is 18.4 Å². The lowest BCUT2D eigenvalue weighted by Crippen LogP contribution is -2.63. The summed E-state index contributed by atoms with van der Waals surface area (Å²) in [6.07, 6.45) is 7.75. The van der Waals surface area contributed by atoms with Crippen LogP contribution >= 0.6 is 0 Å². The first-order valence-electron chi connectivity index (χ1n) is 11.1. The van der Waals surface area contributed by atoms with Crippen LogP contribution in [0.25, 0.3) is 0 Å². The Morgan fingerprint density at radius 3 is 2.67 bits per heavy atom. The first kappa shape index (κ1) is 21.4. The Morgan fingerprint density at radius 2 is 2.00 bits per heavy atom. The summed E-state index contributed by atoms with van der Waals surface area (Å²) in [6, 6.07) is 0. The molecule has 0 aromatic heterocycles. The molecule has 4 aliphatic rings. The molecule has 0 aromatic carbocycles. The number of ether oxygens (including phenoxy) is 1. The average Bonchev–Trinajstić information content (AvgIpc) is 3.00. The lowest BCUT2D eigenvalue weighted by atomic mass is 9.46. The number of aliphatic hydroxyl groups is 2. The second-order valence-corrected chi connectivity index (χ2v) is 9.99. The first-order valence-corrected chi connectivity index (χ1v) is 11.1. The highest BCUT2D eigenvalue weighted by Gasteiger charge is 2.70. The van der Waals surface area contributed by atoms with Gasteiger partial charge in [-0.15, -0.1) is 0 Å². The molecule has 1 unspecified atom stereocenters. The van der Waals surface area contributed by atoms with Gasteiger partial charge < -0.3 is 14.9 Å². The predicted molar refractivity (Wildman–Crippen MR) is 109 cm³/mol. The van der Waals surface area contributed by atoms with Crippen LogP contribution in [-0.2, 0) is 19.1 Å². The number of rotatable bonds is 4. The minimum atomic E-state index is -1.39. The number of carbonyl (C=O) groups excluding carboxylic acids is 3. The summed E-state index contributed by atoms with van der Waals surface area (Å²) in [5.74, 6) is -0.740. The zero-order chi connectivity index (χ0) is 21.9. The maximum absolute atomic E-state index is 13.0. The summed E-state index contributed by atoms with van der Waals surface area (Å²) in [5.41, 5.74) is -1.43. The van der Waals surface area contributed by atoms with E-state index in [0.29, 0.717) is 19.3 Å². The summed E-state index contributed by atoms with van der Waals surface area (Å²) >= 11 is 0. The number of hydrogen-bond acceptors (Lipinski definition) is 6. The van der Waals surface area contributed by atoms with Crippen molar-refractivity contribution in [2.45, 2.75) is 71.0 Å². The molecule has 3 saturated carbocycles. The molecule has 7 atom stereocenters. The van der Waals surface area contributed by atoms with Gasteiger partial charge in [0.15, 0.2) is 11.4 Å². The standard InChI is InChI=1S/C24H32O6/c1-4-20(29)30-24(19(28)13-25)10-8-17-16-6-5-14-11-15(26)7-9-22(14,2)21(16)18(27)12-23(17,24)3/h7,9,11,16-18,21,25,27H,4-6,8,10,12-13H2,1-3H3/t16-,17-,18?,21+,22-,23-,24-/m0/s1. The fourth-order valence-corrected chi connectivity index (χ4v) is 7.39. The van der Waals surface area contributed by atoms with E-state index >= 15 is 0 Å². The Hall–Kier alpha value is -1.79. The molecule has 30 heavy (non-hydrogen) atoms. The van der Waals surface area contributed by atoms with Crippen LogP contribution in [0.3, 0.4) is 0 Å². The zero-order valence-corrected chi connectivity index (χ0v) is 18.0. The van der Waals surface area contributed by atoms with Gasteiger partial charge in [-0.1, -0.05) is 32.4 Å². The summed E-state index contributed by atoms with van der Waals surface area (Å²) in [4.78, 5) is 37.2. The van der Waals surface area contributed by atoms with Gasteiger partial charge in [-0.25, -0.2) is 0 Å². The summed E-state index contributed by atoms with van der Waals surface area (Å²) in [5, 5.41) is 21.1. The number of Topliss-reactive ketones (excluding diaryl/α,β-unsaturated/α-hetero) is 1. The fraction of sp³-hybridized carbons (Fsp3) is 0.708. The van der Waals surface area contributed by atoms with Crippen molar-refractivity contribution in [1.29, 1.82) is 0 Å². The van der Waals surface area contributed by atoms with Gasteiger partial charge in [-0.05, 0) is 56.1 Å². The van der Waals surface area contributed by atoms with Gasteiger partial charge in [-0.3, -0.25) is 14.4 Å².